The normalized spacial score (nSPS) is 11.1. The first-order valence-corrected chi connectivity index (χ1v) is 5.78. The SMILES string of the molecule is Cc1ccc(-c2ncc3cc(O)ccn23)s1. The summed E-state index contributed by atoms with van der Waals surface area (Å²) in [5.41, 5.74) is 0.904. The van der Waals surface area contributed by atoms with Crippen LogP contribution in [0.3, 0.4) is 0 Å². The van der Waals surface area contributed by atoms with Gasteiger partial charge in [-0.05, 0) is 25.1 Å². The molecule has 0 aliphatic rings. The van der Waals surface area contributed by atoms with Gasteiger partial charge in [0.25, 0.3) is 0 Å². The van der Waals surface area contributed by atoms with Crippen molar-refractivity contribution < 1.29 is 5.11 Å². The van der Waals surface area contributed by atoms with Crippen molar-refractivity contribution in [3.63, 3.8) is 0 Å². The highest BCUT2D eigenvalue weighted by Gasteiger charge is 2.08. The van der Waals surface area contributed by atoms with Gasteiger partial charge in [0.15, 0.2) is 5.82 Å². The van der Waals surface area contributed by atoms with E-state index >= 15 is 0 Å². The van der Waals surface area contributed by atoms with Gasteiger partial charge in [0.2, 0.25) is 0 Å². The van der Waals surface area contributed by atoms with Crippen LogP contribution in [0.1, 0.15) is 4.88 Å². The zero-order valence-corrected chi connectivity index (χ0v) is 9.53. The lowest BCUT2D eigenvalue weighted by Gasteiger charge is -1.98. The number of fused-ring (bicyclic) bond motifs is 1. The largest absolute Gasteiger partial charge is 0.508 e. The topological polar surface area (TPSA) is 37.5 Å². The molecular weight excluding hydrogens is 220 g/mol. The molecule has 1 N–H and O–H groups in total. The molecule has 3 rings (SSSR count). The zero-order chi connectivity index (χ0) is 11.1. The van der Waals surface area contributed by atoms with E-state index in [0.717, 1.165) is 16.2 Å². The third-order valence-electron chi connectivity index (χ3n) is 2.48. The maximum atomic E-state index is 9.38. The molecule has 80 valence electrons. The van der Waals surface area contributed by atoms with Crippen LogP contribution in [-0.2, 0) is 0 Å². The van der Waals surface area contributed by atoms with Crippen molar-refractivity contribution in [3.8, 4) is 16.5 Å². The molecule has 0 aromatic carbocycles. The zero-order valence-electron chi connectivity index (χ0n) is 8.71. The van der Waals surface area contributed by atoms with Crippen LogP contribution in [0, 0.1) is 6.92 Å². The van der Waals surface area contributed by atoms with E-state index < -0.39 is 0 Å². The highest BCUT2D eigenvalue weighted by Crippen LogP contribution is 2.28. The highest BCUT2D eigenvalue weighted by molar-refractivity contribution is 7.15. The van der Waals surface area contributed by atoms with Crippen LogP contribution in [0.25, 0.3) is 16.2 Å². The van der Waals surface area contributed by atoms with Crippen molar-refractivity contribution in [3.05, 3.63) is 41.5 Å². The molecule has 0 spiro atoms. The number of thiophene rings is 1. The Bertz CT molecular complexity index is 654. The van der Waals surface area contributed by atoms with Gasteiger partial charge in [-0.3, -0.25) is 4.40 Å². The van der Waals surface area contributed by atoms with Gasteiger partial charge in [-0.15, -0.1) is 11.3 Å². The molecule has 0 fully saturated rings. The highest BCUT2D eigenvalue weighted by atomic mass is 32.1. The number of aromatic hydroxyl groups is 1. The summed E-state index contributed by atoms with van der Waals surface area (Å²) < 4.78 is 1.98. The molecule has 0 aliphatic carbocycles. The summed E-state index contributed by atoms with van der Waals surface area (Å²) in [6, 6.07) is 7.53. The van der Waals surface area contributed by atoms with Crippen LogP contribution in [0.5, 0.6) is 5.75 Å². The van der Waals surface area contributed by atoms with Crippen molar-refractivity contribution in [2.75, 3.05) is 0 Å². The molecule has 4 heteroatoms. The van der Waals surface area contributed by atoms with Gasteiger partial charge in [0, 0.05) is 17.1 Å². The predicted molar refractivity (Wildman–Crippen MR) is 64.9 cm³/mol. The number of hydrogen-bond donors (Lipinski definition) is 1. The van der Waals surface area contributed by atoms with Crippen LogP contribution in [-0.4, -0.2) is 14.5 Å². The van der Waals surface area contributed by atoms with Crippen molar-refractivity contribution in [2.24, 2.45) is 0 Å². The number of pyridine rings is 1. The van der Waals surface area contributed by atoms with Crippen LogP contribution >= 0.6 is 11.3 Å². The molecule has 0 saturated heterocycles. The minimum Gasteiger partial charge on any atom is -0.508 e. The summed E-state index contributed by atoms with van der Waals surface area (Å²) in [6.45, 7) is 2.08. The van der Waals surface area contributed by atoms with E-state index in [9.17, 15) is 5.11 Å². The standard InChI is InChI=1S/C12H10N2OS/c1-8-2-3-11(16-8)12-13-7-9-6-10(15)4-5-14(9)12/h2-7,15H,1H3. The van der Waals surface area contributed by atoms with Gasteiger partial charge < -0.3 is 5.11 Å². The van der Waals surface area contributed by atoms with Crippen LogP contribution in [0.15, 0.2) is 36.7 Å². The van der Waals surface area contributed by atoms with E-state index in [-0.39, 0.29) is 5.75 Å². The first-order chi connectivity index (χ1) is 7.74. The Kier molecular flexibility index (Phi) is 1.97. The Morgan fingerprint density at radius 2 is 2.19 bits per heavy atom. The molecule has 0 atom stereocenters. The molecule has 0 bridgehead atoms. The fourth-order valence-electron chi connectivity index (χ4n) is 1.73. The second-order valence-electron chi connectivity index (χ2n) is 3.67. The Hall–Kier alpha value is -1.81. The number of aryl methyl sites for hydroxylation is 1. The van der Waals surface area contributed by atoms with E-state index in [0.29, 0.717) is 0 Å². The second-order valence-corrected chi connectivity index (χ2v) is 4.96. The molecule has 3 nitrogen and oxygen atoms in total. The van der Waals surface area contributed by atoms with E-state index in [1.807, 2.05) is 10.6 Å². The summed E-state index contributed by atoms with van der Waals surface area (Å²) >= 11 is 1.72. The number of rotatable bonds is 1. The van der Waals surface area contributed by atoms with Crippen molar-refractivity contribution >= 4 is 16.9 Å². The summed E-state index contributed by atoms with van der Waals surface area (Å²) in [5, 5.41) is 9.38. The Morgan fingerprint density at radius 1 is 1.31 bits per heavy atom. The van der Waals surface area contributed by atoms with Gasteiger partial charge >= 0.3 is 0 Å². The van der Waals surface area contributed by atoms with Gasteiger partial charge in [-0.25, -0.2) is 4.98 Å². The molecule has 0 saturated carbocycles. The maximum absolute atomic E-state index is 9.38. The average Bonchev–Trinajstić information content (AvgIpc) is 2.83. The van der Waals surface area contributed by atoms with Crippen LogP contribution < -0.4 is 0 Å². The maximum Gasteiger partial charge on any atom is 0.154 e. The summed E-state index contributed by atoms with van der Waals surface area (Å²) in [4.78, 5) is 6.79. The predicted octanol–water partition coefficient (Wildman–Crippen LogP) is 3.08. The smallest absolute Gasteiger partial charge is 0.154 e. The fourth-order valence-corrected chi connectivity index (χ4v) is 2.59. The molecule has 0 radical (unpaired) electrons. The quantitative estimate of drug-likeness (QED) is 0.697. The first-order valence-electron chi connectivity index (χ1n) is 4.97. The van der Waals surface area contributed by atoms with E-state index in [4.69, 9.17) is 0 Å². The van der Waals surface area contributed by atoms with Crippen LogP contribution in [0.4, 0.5) is 0 Å². The lowest BCUT2D eigenvalue weighted by atomic mass is 10.4. The van der Waals surface area contributed by atoms with Gasteiger partial charge in [0.1, 0.15) is 5.75 Å². The number of nitrogens with zero attached hydrogens (tertiary/aromatic N) is 2. The molecule has 0 unspecified atom stereocenters. The monoisotopic (exact) mass is 230 g/mol. The first kappa shape index (κ1) is 9.42. The molecule has 0 aliphatic heterocycles. The summed E-state index contributed by atoms with van der Waals surface area (Å²) in [5.74, 6) is 1.19. The molecule has 3 aromatic heterocycles. The van der Waals surface area contributed by atoms with Crippen molar-refractivity contribution in [2.45, 2.75) is 6.92 Å². The average molecular weight is 230 g/mol. The third kappa shape index (κ3) is 1.39. The molecule has 0 amide bonds. The lowest BCUT2D eigenvalue weighted by Crippen LogP contribution is -1.85. The molecule has 16 heavy (non-hydrogen) atoms. The Labute approximate surface area is 96.6 Å². The van der Waals surface area contributed by atoms with Crippen molar-refractivity contribution in [1.82, 2.24) is 9.38 Å². The lowest BCUT2D eigenvalue weighted by molar-refractivity contribution is 0.475. The van der Waals surface area contributed by atoms with Gasteiger partial charge in [0.05, 0.1) is 16.6 Å². The van der Waals surface area contributed by atoms with E-state index in [1.54, 1.807) is 29.7 Å². The fraction of sp³-hybridized carbons (Fsp3) is 0.0833. The van der Waals surface area contributed by atoms with Gasteiger partial charge in [-0.1, -0.05) is 0 Å². The minimum atomic E-state index is 0.265. The number of imidazole rings is 1. The number of hydrogen-bond acceptors (Lipinski definition) is 3. The summed E-state index contributed by atoms with van der Waals surface area (Å²) in [6.07, 6.45) is 3.60. The van der Waals surface area contributed by atoms with Crippen molar-refractivity contribution in [1.29, 1.82) is 0 Å². The summed E-state index contributed by atoms with van der Waals surface area (Å²) in [7, 11) is 0. The van der Waals surface area contributed by atoms with Crippen LogP contribution in [0.2, 0.25) is 0 Å². The minimum absolute atomic E-state index is 0.265. The number of aromatic nitrogens is 2. The second kappa shape index (κ2) is 3.35. The van der Waals surface area contributed by atoms with Gasteiger partial charge in [-0.2, -0.15) is 0 Å². The Morgan fingerprint density at radius 3 is 2.94 bits per heavy atom. The molecular formula is C12H10N2OS. The van der Waals surface area contributed by atoms with E-state index in [1.165, 1.54) is 4.88 Å². The van der Waals surface area contributed by atoms with E-state index in [2.05, 4.69) is 24.0 Å². The Balaban J connectivity index is 2.25. The molecule has 3 heterocycles. The third-order valence-corrected chi connectivity index (χ3v) is 3.47. The molecule has 3 aromatic rings.